The number of carbonyl (C=O) groups is 1. The molecule has 3 heterocycles. The second-order valence-electron chi connectivity index (χ2n) is 6.21. The van der Waals surface area contributed by atoms with Gasteiger partial charge in [-0.1, -0.05) is 18.2 Å². The molecule has 26 heavy (non-hydrogen) atoms. The lowest BCUT2D eigenvalue weighted by atomic mass is 9.97. The van der Waals surface area contributed by atoms with Gasteiger partial charge in [0, 0.05) is 13.1 Å². The number of methoxy groups -OCH3 is 1. The van der Waals surface area contributed by atoms with Gasteiger partial charge in [-0.25, -0.2) is 0 Å². The fraction of sp³-hybridized carbons (Fsp3) is 0.316. The van der Waals surface area contributed by atoms with Gasteiger partial charge in [-0.15, -0.1) is 21.5 Å². The summed E-state index contributed by atoms with van der Waals surface area (Å²) in [7, 11) is 1.58. The van der Waals surface area contributed by atoms with Crippen molar-refractivity contribution in [2.75, 3.05) is 20.2 Å². The Morgan fingerprint density at radius 1 is 1.27 bits per heavy atom. The van der Waals surface area contributed by atoms with Gasteiger partial charge in [0.2, 0.25) is 5.89 Å². The van der Waals surface area contributed by atoms with Crippen LogP contribution in [0, 0.1) is 0 Å². The quantitative estimate of drug-likeness (QED) is 0.699. The van der Waals surface area contributed by atoms with Gasteiger partial charge in [0.05, 0.1) is 23.5 Å². The van der Waals surface area contributed by atoms with Gasteiger partial charge in [0.25, 0.3) is 11.8 Å². The molecule has 0 radical (unpaired) electrons. The first-order chi connectivity index (χ1) is 12.8. The predicted octanol–water partition coefficient (Wildman–Crippen LogP) is 3.83. The van der Waals surface area contributed by atoms with E-state index in [1.165, 1.54) is 0 Å². The predicted molar refractivity (Wildman–Crippen MR) is 98.5 cm³/mol. The molecule has 0 spiro atoms. The van der Waals surface area contributed by atoms with Gasteiger partial charge in [0.1, 0.15) is 5.75 Å². The highest BCUT2D eigenvalue weighted by Crippen LogP contribution is 2.31. The van der Waals surface area contributed by atoms with E-state index < -0.39 is 0 Å². The van der Waals surface area contributed by atoms with Crippen molar-refractivity contribution in [1.29, 1.82) is 0 Å². The molecule has 0 saturated carbocycles. The zero-order valence-electron chi connectivity index (χ0n) is 14.4. The molecule has 7 heteroatoms. The molecule has 1 amide bonds. The number of hydrogen-bond acceptors (Lipinski definition) is 6. The van der Waals surface area contributed by atoms with Gasteiger partial charge in [-0.05, 0) is 36.4 Å². The lowest BCUT2D eigenvalue weighted by Gasteiger charge is -2.31. The highest BCUT2D eigenvalue weighted by Gasteiger charge is 2.30. The number of rotatable bonds is 4. The van der Waals surface area contributed by atoms with Gasteiger partial charge >= 0.3 is 0 Å². The van der Waals surface area contributed by atoms with E-state index in [9.17, 15) is 4.79 Å². The minimum Gasteiger partial charge on any atom is -0.496 e. The van der Waals surface area contributed by atoms with Crippen LogP contribution in [0.3, 0.4) is 0 Å². The second-order valence-corrected chi connectivity index (χ2v) is 7.16. The number of amides is 1. The number of piperidine rings is 1. The molecule has 0 aliphatic carbocycles. The van der Waals surface area contributed by atoms with Crippen LogP contribution in [-0.2, 0) is 0 Å². The largest absolute Gasteiger partial charge is 0.496 e. The Balaban J connectivity index is 1.52. The summed E-state index contributed by atoms with van der Waals surface area (Å²) in [5.41, 5.74) is 0.584. The number of nitrogens with zero attached hydrogens (tertiary/aromatic N) is 3. The molecule has 2 aromatic heterocycles. The Kier molecular flexibility index (Phi) is 4.71. The summed E-state index contributed by atoms with van der Waals surface area (Å²) >= 11 is 1.57. The number of hydrogen-bond donors (Lipinski definition) is 0. The van der Waals surface area contributed by atoms with Crippen LogP contribution in [0.1, 0.15) is 35.0 Å². The van der Waals surface area contributed by atoms with E-state index in [2.05, 4.69) is 10.2 Å². The van der Waals surface area contributed by atoms with Crippen LogP contribution in [0.15, 0.2) is 46.2 Å². The number of thiophene rings is 1. The standard InChI is InChI=1S/C19H19N3O3S/c1-24-15-8-3-2-7-14(15)19(23)22-10-4-6-13(12-22)17-20-21-18(25-17)16-9-5-11-26-16/h2-3,5,7-9,11,13H,4,6,10,12H2,1H3/t13-/m1/s1. The lowest BCUT2D eigenvalue weighted by Crippen LogP contribution is -2.39. The zero-order valence-corrected chi connectivity index (χ0v) is 15.2. The van der Waals surface area contributed by atoms with Gasteiger partial charge in [-0.2, -0.15) is 0 Å². The van der Waals surface area contributed by atoms with E-state index in [0.29, 0.717) is 29.6 Å². The summed E-state index contributed by atoms with van der Waals surface area (Å²) in [6, 6.07) is 11.2. The fourth-order valence-corrected chi connectivity index (χ4v) is 3.90. The molecule has 1 atom stereocenters. The van der Waals surface area contributed by atoms with Crippen molar-refractivity contribution in [2.24, 2.45) is 0 Å². The Morgan fingerprint density at radius 3 is 2.96 bits per heavy atom. The molecule has 4 rings (SSSR count). The Bertz CT molecular complexity index is 891. The van der Waals surface area contributed by atoms with Crippen LogP contribution in [0.25, 0.3) is 10.8 Å². The van der Waals surface area contributed by atoms with E-state index in [-0.39, 0.29) is 11.8 Å². The van der Waals surface area contributed by atoms with Crippen molar-refractivity contribution in [1.82, 2.24) is 15.1 Å². The molecule has 1 aliphatic heterocycles. The van der Waals surface area contributed by atoms with Crippen LogP contribution in [-0.4, -0.2) is 41.2 Å². The van der Waals surface area contributed by atoms with Crippen molar-refractivity contribution < 1.29 is 13.9 Å². The molecule has 134 valence electrons. The van der Waals surface area contributed by atoms with E-state index in [0.717, 1.165) is 24.3 Å². The molecular formula is C19H19N3O3S. The van der Waals surface area contributed by atoms with E-state index in [1.807, 2.05) is 34.5 Å². The number of carbonyl (C=O) groups excluding carboxylic acids is 1. The molecule has 6 nitrogen and oxygen atoms in total. The maximum absolute atomic E-state index is 12.9. The fourth-order valence-electron chi connectivity index (χ4n) is 3.25. The van der Waals surface area contributed by atoms with Crippen LogP contribution >= 0.6 is 11.3 Å². The highest BCUT2D eigenvalue weighted by molar-refractivity contribution is 7.13. The summed E-state index contributed by atoms with van der Waals surface area (Å²) in [4.78, 5) is 15.7. The van der Waals surface area contributed by atoms with E-state index in [4.69, 9.17) is 9.15 Å². The summed E-state index contributed by atoms with van der Waals surface area (Å²) in [5.74, 6) is 1.78. The van der Waals surface area contributed by atoms with Crippen molar-refractivity contribution >= 4 is 17.2 Å². The third kappa shape index (κ3) is 3.22. The maximum Gasteiger partial charge on any atom is 0.257 e. The summed E-state index contributed by atoms with van der Waals surface area (Å²) in [6.07, 6.45) is 1.84. The van der Waals surface area contributed by atoms with Gasteiger partial charge in [0.15, 0.2) is 0 Å². The minimum atomic E-state index is -0.0230. The topological polar surface area (TPSA) is 68.5 Å². The zero-order chi connectivity index (χ0) is 17.9. The first-order valence-corrected chi connectivity index (χ1v) is 9.44. The summed E-state index contributed by atoms with van der Waals surface area (Å²) in [5, 5.41) is 10.4. The van der Waals surface area contributed by atoms with Crippen molar-refractivity contribution in [2.45, 2.75) is 18.8 Å². The molecular weight excluding hydrogens is 350 g/mol. The maximum atomic E-state index is 12.9. The van der Waals surface area contributed by atoms with Crippen LogP contribution in [0.5, 0.6) is 5.75 Å². The first kappa shape index (κ1) is 16.8. The second kappa shape index (κ2) is 7.29. The summed E-state index contributed by atoms with van der Waals surface area (Å²) in [6.45, 7) is 1.29. The van der Waals surface area contributed by atoms with Crippen molar-refractivity contribution in [3.05, 3.63) is 53.2 Å². The number of ether oxygens (including phenoxy) is 1. The lowest BCUT2D eigenvalue weighted by molar-refractivity contribution is 0.0695. The number of benzene rings is 1. The Labute approximate surface area is 155 Å². The molecule has 1 aromatic carbocycles. The summed E-state index contributed by atoms with van der Waals surface area (Å²) < 4.78 is 11.2. The average Bonchev–Trinajstić information content (AvgIpc) is 3.39. The molecule has 0 unspecified atom stereocenters. The van der Waals surface area contributed by atoms with Crippen LogP contribution in [0.2, 0.25) is 0 Å². The normalized spacial score (nSPS) is 17.3. The SMILES string of the molecule is COc1ccccc1C(=O)N1CCC[C@@H](c2nnc(-c3cccs3)o2)C1. The smallest absolute Gasteiger partial charge is 0.257 e. The third-order valence-electron chi connectivity index (χ3n) is 4.57. The molecule has 3 aromatic rings. The molecule has 1 saturated heterocycles. The Hall–Kier alpha value is -2.67. The molecule has 0 bridgehead atoms. The van der Waals surface area contributed by atoms with Gasteiger partial charge < -0.3 is 14.1 Å². The minimum absolute atomic E-state index is 0.0230. The monoisotopic (exact) mass is 369 g/mol. The molecule has 0 N–H and O–H groups in total. The van der Waals surface area contributed by atoms with Crippen LogP contribution < -0.4 is 4.74 Å². The first-order valence-electron chi connectivity index (χ1n) is 8.56. The average molecular weight is 369 g/mol. The van der Waals surface area contributed by atoms with Crippen molar-refractivity contribution in [3.63, 3.8) is 0 Å². The molecule has 1 aliphatic rings. The number of likely N-dealkylation sites (tertiary alicyclic amines) is 1. The van der Waals surface area contributed by atoms with E-state index >= 15 is 0 Å². The highest BCUT2D eigenvalue weighted by atomic mass is 32.1. The third-order valence-corrected chi connectivity index (χ3v) is 5.43. The van der Waals surface area contributed by atoms with Gasteiger partial charge in [-0.3, -0.25) is 4.79 Å². The van der Waals surface area contributed by atoms with Crippen molar-refractivity contribution in [3.8, 4) is 16.5 Å². The van der Waals surface area contributed by atoms with Crippen LogP contribution in [0.4, 0.5) is 0 Å². The number of aromatic nitrogens is 2. The Morgan fingerprint density at radius 2 is 2.15 bits per heavy atom. The van der Waals surface area contributed by atoms with E-state index in [1.54, 1.807) is 30.6 Å². The number of para-hydroxylation sites is 1. The molecule has 1 fully saturated rings.